The van der Waals surface area contributed by atoms with E-state index in [-0.39, 0.29) is 11.8 Å². The zero-order valence-electron chi connectivity index (χ0n) is 14.6. The highest BCUT2D eigenvalue weighted by atomic mass is 16.5. The second kappa shape index (κ2) is 7.34. The molecule has 0 aliphatic rings. The Labute approximate surface area is 146 Å². The summed E-state index contributed by atoms with van der Waals surface area (Å²) >= 11 is 0. The third kappa shape index (κ3) is 3.79. The maximum atomic E-state index is 12.4. The van der Waals surface area contributed by atoms with E-state index in [4.69, 9.17) is 9.05 Å². The van der Waals surface area contributed by atoms with Gasteiger partial charge in [0, 0.05) is 30.5 Å². The van der Waals surface area contributed by atoms with Gasteiger partial charge in [-0.15, -0.1) is 0 Å². The number of nitrogens with one attached hydrogen (secondary N) is 1. The Morgan fingerprint density at radius 2 is 1.92 bits per heavy atom. The average Bonchev–Trinajstić information content (AvgIpc) is 3.22. The smallest absolute Gasteiger partial charge is 0.256 e. The summed E-state index contributed by atoms with van der Waals surface area (Å²) in [5, 5.41) is 10.9. The molecule has 1 aromatic carbocycles. The molecule has 1 N–H and O–H groups in total. The van der Waals surface area contributed by atoms with Crippen molar-refractivity contribution in [3.63, 3.8) is 0 Å². The Kier molecular flexibility index (Phi) is 4.97. The predicted molar refractivity (Wildman–Crippen MR) is 93.3 cm³/mol. The molecule has 0 fully saturated rings. The van der Waals surface area contributed by atoms with Gasteiger partial charge in [-0.3, -0.25) is 4.79 Å². The van der Waals surface area contributed by atoms with Gasteiger partial charge in [0.25, 0.3) is 5.91 Å². The SMILES string of the molecule is Cc1noc(C(C)C)c1C(=O)NCCc1cc(-c2ccccc2)on1. The first-order valence-corrected chi connectivity index (χ1v) is 8.31. The summed E-state index contributed by atoms with van der Waals surface area (Å²) < 4.78 is 10.6. The van der Waals surface area contributed by atoms with Gasteiger partial charge in [-0.05, 0) is 6.92 Å². The minimum absolute atomic E-state index is 0.103. The second-order valence-electron chi connectivity index (χ2n) is 6.22. The summed E-state index contributed by atoms with van der Waals surface area (Å²) in [5.74, 6) is 1.27. The van der Waals surface area contributed by atoms with E-state index < -0.39 is 0 Å². The first kappa shape index (κ1) is 17.0. The van der Waals surface area contributed by atoms with Gasteiger partial charge in [0.05, 0.1) is 11.4 Å². The van der Waals surface area contributed by atoms with Crippen LogP contribution in [0.15, 0.2) is 45.4 Å². The fraction of sp³-hybridized carbons (Fsp3) is 0.316. The zero-order chi connectivity index (χ0) is 17.8. The molecular formula is C19H21N3O3. The van der Waals surface area contributed by atoms with Gasteiger partial charge in [0.1, 0.15) is 5.56 Å². The lowest BCUT2D eigenvalue weighted by Crippen LogP contribution is -2.27. The van der Waals surface area contributed by atoms with E-state index in [1.807, 2.05) is 50.2 Å². The summed E-state index contributed by atoms with van der Waals surface area (Å²) in [7, 11) is 0. The van der Waals surface area contributed by atoms with Crippen LogP contribution in [0.1, 0.15) is 47.3 Å². The van der Waals surface area contributed by atoms with Crippen molar-refractivity contribution in [1.82, 2.24) is 15.6 Å². The van der Waals surface area contributed by atoms with E-state index >= 15 is 0 Å². The molecule has 2 aromatic heterocycles. The van der Waals surface area contributed by atoms with Crippen LogP contribution >= 0.6 is 0 Å². The number of benzene rings is 1. The molecule has 0 unspecified atom stereocenters. The predicted octanol–water partition coefficient (Wildman–Crippen LogP) is 3.73. The van der Waals surface area contributed by atoms with E-state index in [0.717, 1.165) is 17.0 Å². The van der Waals surface area contributed by atoms with Crippen molar-refractivity contribution in [3.05, 3.63) is 59.1 Å². The van der Waals surface area contributed by atoms with Crippen molar-refractivity contribution < 1.29 is 13.8 Å². The van der Waals surface area contributed by atoms with E-state index in [2.05, 4.69) is 15.6 Å². The average molecular weight is 339 g/mol. The minimum Gasteiger partial charge on any atom is -0.360 e. The van der Waals surface area contributed by atoms with Crippen LogP contribution in [0.5, 0.6) is 0 Å². The Hall–Kier alpha value is -2.89. The normalized spacial score (nSPS) is 11.0. The third-order valence-electron chi connectivity index (χ3n) is 3.92. The summed E-state index contributed by atoms with van der Waals surface area (Å²) in [6.07, 6.45) is 0.587. The van der Waals surface area contributed by atoms with Crippen LogP contribution in [-0.4, -0.2) is 22.8 Å². The van der Waals surface area contributed by atoms with Gasteiger partial charge < -0.3 is 14.4 Å². The van der Waals surface area contributed by atoms with Gasteiger partial charge in [-0.1, -0.05) is 54.5 Å². The number of aromatic nitrogens is 2. The highest BCUT2D eigenvalue weighted by Gasteiger charge is 2.22. The van der Waals surface area contributed by atoms with E-state index in [9.17, 15) is 4.79 Å². The standard InChI is InChI=1S/C19H21N3O3/c1-12(2)18-17(13(3)21-25-18)19(23)20-10-9-15-11-16(24-22-15)14-7-5-4-6-8-14/h4-8,11-12H,9-10H2,1-3H3,(H,20,23). The van der Waals surface area contributed by atoms with Crippen molar-refractivity contribution in [2.75, 3.05) is 6.54 Å². The summed E-state index contributed by atoms with van der Waals surface area (Å²) in [5.41, 5.74) is 2.91. The number of nitrogens with zero attached hydrogens (tertiary/aromatic N) is 2. The zero-order valence-corrected chi connectivity index (χ0v) is 14.6. The lowest BCUT2D eigenvalue weighted by atomic mass is 10.0. The molecule has 1 amide bonds. The van der Waals surface area contributed by atoms with Crippen LogP contribution in [0.3, 0.4) is 0 Å². The van der Waals surface area contributed by atoms with Gasteiger partial charge >= 0.3 is 0 Å². The summed E-state index contributed by atoms with van der Waals surface area (Å²) in [6, 6.07) is 11.7. The van der Waals surface area contributed by atoms with Crippen molar-refractivity contribution in [2.45, 2.75) is 33.1 Å². The van der Waals surface area contributed by atoms with Crippen molar-refractivity contribution >= 4 is 5.91 Å². The second-order valence-corrected chi connectivity index (χ2v) is 6.22. The molecular weight excluding hydrogens is 318 g/mol. The molecule has 0 aliphatic carbocycles. The Bertz CT molecular complexity index is 850. The number of rotatable bonds is 6. The van der Waals surface area contributed by atoms with Crippen LogP contribution in [0.4, 0.5) is 0 Å². The largest absolute Gasteiger partial charge is 0.360 e. The van der Waals surface area contributed by atoms with Gasteiger partial charge in [0.15, 0.2) is 11.5 Å². The first-order valence-electron chi connectivity index (χ1n) is 8.31. The Morgan fingerprint density at radius 1 is 1.16 bits per heavy atom. The summed E-state index contributed by atoms with van der Waals surface area (Å²) in [6.45, 7) is 6.17. The molecule has 0 radical (unpaired) electrons. The molecule has 25 heavy (non-hydrogen) atoms. The number of amides is 1. The summed E-state index contributed by atoms with van der Waals surface area (Å²) in [4.78, 5) is 12.4. The Balaban J connectivity index is 1.60. The van der Waals surface area contributed by atoms with E-state index in [1.54, 1.807) is 6.92 Å². The van der Waals surface area contributed by atoms with Gasteiger partial charge in [-0.25, -0.2) is 0 Å². The molecule has 6 nitrogen and oxygen atoms in total. The van der Waals surface area contributed by atoms with Gasteiger partial charge in [-0.2, -0.15) is 0 Å². The quantitative estimate of drug-likeness (QED) is 0.740. The molecule has 3 rings (SSSR count). The molecule has 0 aliphatic heterocycles. The first-order chi connectivity index (χ1) is 12.1. The van der Waals surface area contributed by atoms with Crippen LogP contribution in [0.2, 0.25) is 0 Å². The topological polar surface area (TPSA) is 81.2 Å². The lowest BCUT2D eigenvalue weighted by molar-refractivity contribution is 0.0951. The van der Waals surface area contributed by atoms with E-state index in [0.29, 0.717) is 30.0 Å². The number of aryl methyl sites for hydroxylation is 1. The Morgan fingerprint density at radius 3 is 2.64 bits per heavy atom. The maximum absolute atomic E-state index is 12.4. The molecule has 6 heteroatoms. The number of carbonyl (C=O) groups is 1. The fourth-order valence-electron chi connectivity index (χ4n) is 2.62. The van der Waals surface area contributed by atoms with Crippen LogP contribution < -0.4 is 5.32 Å². The highest BCUT2D eigenvalue weighted by molar-refractivity contribution is 5.96. The molecule has 0 bridgehead atoms. The molecule has 3 aromatic rings. The van der Waals surface area contributed by atoms with Crippen molar-refractivity contribution in [2.24, 2.45) is 0 Å². The fourth-order valence-corrected chi connectivity index (χ4v) is 2.62. The molecule has 0 spiro atoms. The minimum atomic E-state index is -0.172. The highest BCUT2D eigenvalue weighted by Crippen LogP contribution is 2.22. The van der Waals surface area contributed by atoms with Crippen LogP contribution in [-0.2, 0) is 6.42 Å². The van der Waals surface area contributed by atoms with Crippen molar-refractivity contribution in [3.8, 4) is 11.3 Å². The lowest BCUT2D eigenvalue weighted by Gasteiger charge is -2.06. The third-order valence-corrected chi connectivity index (χ3v) is 3.92. The number of carbonyl (C=O) groups excluding carboxylic acids is 1. The number of hydrogen-bond acceptors (Lipinski definition) is 5. The maximum Gasteiger partial charge on any atom is 0.256 e. The van der Waals surface area contributed by atoms with Crippen LogP contribution in [0.25, 0.3) is 11.3 Å². The van der Waals surface area contributed by atoms with Gasteiger partial charge in [0.2, 0.25) is 0 Å². The molecule has 130 valence electrons. The van der Waals surface area contributed by atoms with Crippen molar-refractivity contribution in [1.29, 1.82) is 0 Å². The number of hydrogen-bond donors (Lipinski definition) is 1. The molecule has 2 heterocycles. The van der Waals surface area contributed by atoms with E-state index in [1.165, 1.54) is 0 Å². The molecule has 0 saturated heterocycles. The molecule has 0 saturated carbocycles. The molecule has 0 atom stereocenters. The monoisotopic (exact) mass is 339 g/mol. The van der Waals surface area contributed by atoms with Crippen LogP contribution in [0, 0.1) is 6.92 Å².